The highest BCUT2D eigenvalue weighted by Gasteiger charge is 2.16. The van der Waals surface area contributed by atoms with Crippen LogP contribution in [-0.4, -0.2) is 52.7 Å². The van der Waals surface area contributed by atoms with Gasteiger partial charge in [-0.1, -0.05) is 0 Å². The fourth-order valence-electron chi connectivity index (χ4n) is 2.56. The summed E-state index contributed by atoms with van der Waals surface area (Å²) in [5, 5.41) is 9.09. The molecule has 1 saturated heterocycles. The second kappa shape index (κ2) is 7.33. The fraction of sp³-hybridized carbons (Fsp3) is 0.375. The number of anilines is 1. The fourth-order valence-corrected chi connectivity index (χ4v) is 2.56. The molecule has 0 aromatic carbocycles. The lowest BCUT2D eigenvalue weighted by Crippen LogP contribution is -2.24. The van der Waals surface area contributed by atoms with Crippen LogP contribution in [0.1, 0.15) is 16.8 Å². The maximum Gasteiger partial charge on any atom is 0.335 e. The molecule has 3 N–H and O–H groups in total. The molecule has 0 spiro atoms. The molecule has 1 aliphatic heterocycles. The summed E-state index contributed by atoms with van der Waals surface area (Å²) in [5.74, 6) is 0.224. The second-order valence-electron chi connectivity index (χ2n) is 5.81. The van der Waals surface area contributed by atoms with Crippen LogP contribution in [0.3, 0.4) is 0 Å². The lowest BCUT2D eigenvalue weighted by molar-refractivity contribution is 0.0697. The molecular weight excluding hydrogens is 308 g/mol. The van der Waals surface area contributed by atoms with Crippen molar-refractivity contribution >= 4 is 11.9 Å². The minimum Gasteiger partial charge on any atom is -0.478 e. The molecule has 0 aliphatic carbocycles. The molecule has 2 aromatic heterocycles. The van der Waals surface area contributed by atoms with Gasteiger partial charge in [-0.05, 0) is 30.5 Å². The third kappa shape index (κ3) is 3.84. The summed E-state index contributed by atoms with van der Waals surface area (Å²) in [4.78, 5) is 26.1. The molecule has 3 heterocycles. The monoisotopic (exact) mass is 328 g/mol. The average molecular weight is 328 g/mol. The van der Waals surface area contributed by atoms with Crippen molar-refractivity contribution in [1.29, 1.82) is 0 Å². The molecular formula is C16H20N6O2. The van der Waals surface area contributed by atoms with Crippen LogP contribution in [0.15, 0.2) is 30.6 Å². The predicted molar refractivity (Wildman–Crippen MR) is 89.6 cm³/mol. The van der Waals surface area contributed by atoms with Crippen LogP contribution >= 0.6 is 0 Å². The molecule has 0 radical (unpaired) electrons. The highest BCUT2D eigenvalue weighted by atomic mass is 16.4. The summed E-state index contributed by atoms with van der Waals surface area (Å²) in [6, 6.07) is 4.71. The van der Waals surface area contributed by atoms with E-state index in [1.54, 1.807) is 12.3 Å². The Hall–Kier alpha value is -2.58. The summed E-state index contributed by atoms with van der Waals surface area (Å²) in [6.07, 6.45) is 4.18. The molecule has 0 bridgehead atoms. The van der Waals surface area contributed by atoms with E-state index in [4.69, 9.17) is 5.11 Å². The number of carboxylic acid groups (broad SMARTS) is 1. The first-order chi connectivity index (χ1) is 11.6. The van der Waals surface area contributed by atoms with E-state index in [0.29, 0.717) is 23.3 Å². The van der Waals surface area contributed by atoms with E-state index in [2.05, 4.69) is 25.8 Å². The molecule has 2 aromatic rings. The van der Waals surface area contributed by atoms with Gasteiger partial charge in [0.1, 0.15) is 0 Å². The Morgan fingerprint density at radius 2 is 2.00 bits per heavy atom. The van der Waals surface area contributed by atoms with Crippen LogP contribution in [0.5, 0.6) is 0 Å². The minimum absolute atomic E-state index is 0.190. The van der Waals surface area contributed by atoms with Crippen LogP contribution < -0.4 is 15.8 Å². The van der Waals surface area contributed by atoms with Gasteiger partial charge < -0.3 is 10.0 Å². The SMILES string of the molecule is CN(CCC1CNNC1)c1nccc(-c2cc(C(=O)O)ccn2)n1. The summed E-state index contributed by atoms with van der Waals surface area (Å²) >= 11 is 0. The number of nitrogens with zero attached hydrogens (tertiary/aromatic N) is 4. The van der Waals surface area contributed by atoms with Gasteiger partial charge >= 0.3 is 5.97 Å². The highest BCUT2D eigenvalue weighted by molar-refractivity contribution is 5.88. The van der Waals surface area contributed by atoms with Crippen molar-refractivity contribution < 1.29 is 9.90 Å². The van der Waals surface area contributed by atoms with Crippen LogP contribution in [0.2, 0.25) is 0 Å². The van der Waals surface area contributed by atoms with Crippen LogP contribution in [0.25, 0.3) is 11.4 Å². The molecule has 8 nitrogen and oxygen atoms in total. The van der Waals surface area contributed by atoms with E-state index in [1.807, 2.05) is 11.9 Å². The topological polar surface area (TPSA) is 103 Å². The number of hydrogen-bond acceptors (Lipinski definition) is 7. The number of hydrogen-bond donors (Lipinski definition) is 3. The smallest absolute Gasteiger partial charge is 0.335 e. The molecule has 0 atom stereocenters. The van der Waals surface area contributed by atoms with E-state index in [0.717, 1.165) is 26.1 Å². The van der Waals surface area contributed by atoms with Crippen molar-refractivity contribution in [3.05, 3.63) is 36.2 Å². The van der Waals surface area contributed by atoms with Crippen molar-refractivity contribution in [3.63, 3.8) is 0 Å². The molecule has 126 valence electrons. The van der Waals surface area contributed by atoms with E-state index in [9.17, 15) is 4.79 Å². The lowest BCUT2D eigenvalue weighted by atomic mass is 10.1. The lowest BCUT2D eigenvalue weighted by Gasteiger charge is -2.19. The zero-order valence-electron chi connectivity index (χ0n) is 13.4. The summed E-state index contributed by atoms with van der Waals surface area (Å²) < 4.78 is 0. The quantitative estimate of drug-likeness (QED) is 0.715. The van der Waals surface area contributed by atoms with Crippen molar-refractivity contribution in [1.82, 2.24) is 25.8 Å². The number of carboxylic acids is 1. The Balaban J connectivity index is 1.73. The van der Waals surface area contributed by atoms with Gasteiger partial charge in [-0.25, -0.2) is 14.8 Å². The zero-order valence-corrected chi connectivity index (χ0v) is 13.4. The van der Waals surface area contributed by atoms with Gasteiger partial charge in [0.25, 0.3) is 0 Å². The molecule has 1 aliphatic rings. The molecule has 0 amide bonds. The van der Waals surface area contributed by atoms with Crippen molar-refractivity contribution in [2.45, 2.75) is 6.42 Å². The Morgan fingerprint density at radius 3 is 2.75 bits per heavy atom. The first-order valence-corrected chi connectivity index (χ1v) is 7.83. The van der Waals surface area contributed by atoms with E-state index in [-0.39, 0.29) is 5.56 Å². The average Bonchev–Trinajstić information content (AvgIpc) is 3.13. The van der Waals surface area contributed by atoms with E-state index in [1.165, 1.54) is 18.3 Å². The van der Waals surface area contributed by atoms with Gasteiger partial charge in [0, 0.05) is 39.1 Å². The first kappa shape index (κ1) is 16.3. The molecule has 24 heavy (non-hydrogen) atoms. The maximum absolute atomic E-state index is 11.1. The third-order valence-corrected chi connectivity index (χ3v) is 4.03. The number of aromatic nitrogens is 3. The van der Waals surface area contributed by atoms with Crippen molar-refractivity contribution in [2.24, 2.45) is 5.92 Å². The summed E-state index contributed by atoms with van der Waals surface area (Å²) in [7, 11) is 1.95. The Labute approximate surface area is 139 Å². The standard InChI is InChI=1S/C16H20N6O2/c1-22(7-4-11-9-19-20-10-11)16-18-6-3-13(21-16)14-8-12(15(23)24)2-5-17-14/h2-3,5-6,8,11,19-20H,4,7,9-10H2,1H3,(H,23,24). The van der Waals surface area contributed by atoms with Gasteiger partial charge in [-0.15, -0.1) is 0 Å². The number of nitrogens with one attached hydrogen (secondary N) is 2. The maximum atomic E-state index is 11.1. The van der Waals surface area contributed by atoms with Gasteiger partial charge in [0.2, 0.25) is 5.95 Å². The number of hydrazine groups is 1. The first-order valence-electron chi connectivity index (χ1n) is 7.83. The van der Waals surface area contributed by atoms with Crippen molar-refractivity contribution in [2.75, 3.05) is 31.6 Å². The molecule has 8 heteroatoms. The number of pyridine rings is 1. The van der Waals surface area contributed by atoms with Gasteiger partial charge in [0.15, 0.2) is 0 Å². The highest BCUT2D eigenvalue weighted by Crippen LogP contribution is 2.18. The Morgan fingerprint density at radius 1 is 1.25 bits per heavy atom. The Kier molecular flexibility index (Phi) is 4.97. The minimum atomic E-state index is -0.983. The Bertz CT molecular complexity index is 717. The van der Waals surface area contributed by atoms with Crippen LogP contribution in [0.4, 0.5) is 5.95 Å². The van der Waals surface area contributed by atoms with Gasteiger partial charge in [0.05, 0.1) is 17.0 Å². The number of aromatic carboxylic acids is 1. The molecule has 3 rings (SSSR count). The summed E-state index contributed by atoms with van der Waals surface area (Å²) in [6.45, 7) is 2.79. The van der Waals surface area contributed by atoms with Crippen LogP contribution in [0, 0.1) is 5.92 Å². The number of rotatable bonds is 6. The van der Waals surface area contributed by atoms with Gasteiger partial charge in [-0.2, -0.15) is 0 Å². The van der Waals surface area contributed by atoms with E-state index < -0.39 is 5.97 Å². The van der Waals surface area contributed by atoms with Crippen molar-refractivity contribution in [3.8, 4) is 11.4 Å². The third-order valence-electron chi connectivity index (χ3n) is 4.03. The largest absolute Gasteiger partial charge is 0.478 e. The summed E-state index contributed by atoms with van der Waals surface area (Å²) in [5.41, 5.74) is 7.57. The normalized spacial score (nSPS) is 14.7. The zero-order chi connectivity index (χ0) is 16.9. The predicted octanol–water partition coefficient (Wildman–Crippen LogP) is 0.787. The van der Waals surface area contributed by atoms with Crippen LogP contribution in [-0.2, 0) is 0 Å². The van der Waals surface area contributed by atoms with Gasteiger partial charge in [-0.3, -0.25) is 15.8 Å². The van der Waals surface area contributed by atoms with E-state index >= 15 is 0 Å². The molecule has 0 saturated carbocycles. The number of carbonyl (C=O) groups is 1. The molecule has 0 unspecified atom stereocenters. The molecule has 1 fully saturated rings. The second-order valence-corrected chi connectivity index (χ2v) is 5.81.